The molecule has 0 aliphatic carbocycles. The molecule has 0 aromatic carbocycles. The van der Waals surface area contributed by atoms with Crippen molar-refractivity contribution >= 4 is 5.69 Å². The van der Waals surface area contributed by atoms with Gasteiger partial charge >= 0.3 is 0 Å². The second-order valence-corrected chi connectivity index (χ2v) is 4.33. The zero-order chi connectivity index (χ0) is 12.6. The Morgan fingerprint density at radius 1 is 1.44 bits per heavy atom. The molecule has 0 amide bonds. The topological polar surface area (TPSA) is 55.4 Å². The highest BCUT2D eigenvalue weighted by molar-refractivity contribution is 5.44. The fourth-order valence-electron chi connectivity index (χ4n) is 2.01. The van der Waals surface area contributed by atoms with Gasteiger partial charge in [0.25, 0.3) is 0 Å². The van der Waals surface area contributed by atoms with E-state index in [1.165, 1.54) is 0 Å². The van der Waals surface area contributed by atoms with E-state index < -0.39 is 0 Å². The standard InChI is InChI=1S/C13H21N3O2/c1-17-13-10-11(2-7-16-13)15-8-9-18-12-3-5-14-6-4-12/h2,7,10,12,14H,3-6,8-9H2,1H3,(H,15,16). The minimum Gasteiger partial charge on any atom is -0.481 e. The fourth-order valence-corrected chi connectivity index (χ4v) is 2.01. The van der Waals surface area contributed by atoms with Gasteiger partial charge in [0, 0.05) is 24.5 Å². The fraction of sp³-hybridized carbons (Fsp3) is 0.615. The summed E-state index contributed by atoms with van der Waals surface area (Å²) in [6, 6.07) is 3.80. The highest BCUT2D eigenvalue weighted by Gasteiger charge is 2.12. The maximum Gasteiger partial charge on any atom is 0.214 e. The molecule has 5 heteroatoms. The van der Waals surface area contributed by atoms with Crippen LogP contribution in [0.25, 0.3) is 0 Å². The third kappa shape index (κ3) is 4.16. The molecule has 1 aliphatic heterocycles. The first kappa shape index (κ1) is 13.1. The average Bonchev–Trinajstić information content (AvgIpc) is 2.45. The highest BCUT2D eigenvalue weighted by atomic mass is 16.5. The highest BCUT2D eigenvalue weighted by Crippen LogP contribution is 2.13. The summed E-state index contributed by atoms with van der Waals surface area (Å²) >= 11 is 0. The second kappa shape index (κ2) is 7.18. The van der Waals surface area contributed by atoms with Gasteiger partial charge in [0.2, 0.25) is 5.88 Å². The molecule has 0 atom stereocenters. The van der Waals surface area contributed by atoms with Gasteiger partial charge in [-0.25, -0.2) is 4.98 Å². The largest absolute Gasteiger partial charge is 0.481 e. The molecule has 1 fully saturated rings. The Morgan fingerprint density at radius 3 is 3.06 bits per heavy atom. The molecule has 1 saturated heterocycles. The van der Waals surface area contributed by atoms with Crippen molar-refractivity contribution in [1.29, 1.82) is 0 Å². The Kier molecular flexibility index (Phi) is 5.23. The van der Waals surface area contributed by atoms with Crippen molar-refractivity contribution in [2.45, 2.75) is 18.9 Å². The monoisotopic (exact) mass is 251 g/mol. The maximum absolute atomic E-state index is 5.81. The number of ether oxygens (including phenoxy) is 2. The van der Waals surface area contributed by atoms with E-state index in [1.54, 1.807) is 13.3 Å². The van der Waals surface area contributed by atoms with E-state index in [1.807, 2.05) is 12.1 Å². The van der Waals surface area contributed by atoms with Gasteiger partial charge in [-0.15, -0.1) is 0 Å². The van der Waals surface area contributed by atoms with Crippen molar-refractivity contribution in [2.24, 2.45) is 0 Å². The molecule has 1 aromatic rings. The Labute approximate surface area is 108 Å². The lowest BCUT2D eigenvalue weighted by Crippen LogP contribution is -2.33. The quantitative estimate of drug-likeness (QED) is 0.746. The predicted molar refractivity (Wildman–Crippen MR) is 71.1 cm³/mol. The SMILES string of the molecule is COc1cc(NCCOC2CCNCC2)ccn1. The Balaban J connectivity index is 1.65. The summed E-state index contributed by atoms with van der Waals surface area (Å²) in [7, 11) is 1.62. The van der Waals surface area contributed by atoms with Crippen molar-refractivity contribution in [2.75, 3.05) is 38.7 Å². The smallest absolute Gasteiger partial charge is 0.214 e. The number of piperidine rings is 1. The van der Waals surface area contributed by atoms with Crippen LogP contribution >= 0.6 is 0 Å². The van der Waals surface area contributed by atoms with Gasteiger partial charge in [0.1, 0.15) is 0 Å². The van der Waals surface area contributed by atoms with Crippen LogP contribution in [0.15, 0.2) is 18.3 Å². The molecule has 18 heavy (non-hydrogen) atoms. The lowest BCUT2D eigenvalue weighted by molar-refractivity contribution is 0.0394. The molecule has 0 unspecified atom stereocenters. The number of aromatic nitrogens is 1. The minimum atomic E-state index is 0.417. The molecule has 0 bridgehead atoms. The van der Waals surface area contributed by atoms with E-state index in [2.05, 4.69) is 15.6 Å². The average molecular weight is 251 g/mol. The van der Waals surface area contributed by atoms with Crippen molar-refractivity contribution in [3.8, 4) is 5.88 Å². The zero-order valence-electron chi connectivity index (χ0n) is 10.8. The van der Waals surface area contributed by atoms with Crippen LogP contribution in [0.4, 0.5) is 5.69 Å². The normalized spacial score (nSPS) is 16.5. The van der Waals surface area contributed by atoms with E-state index in [-0.39, 0.29) is 0 Å². The number of methoxy groups -OCH3 is 1. The molecule has 1 aromatic heterocycles. The Bertz CT molecular complexity index is 354. The van der Waals surface area contributed by atoms with Crippen LogP contribution < -0.4 is 15.4 Å². The summed E-state index contributed by atoms with van der Waals surface area (Å²) in [4.78, 5) is 4.06. The van der Waals surface area contributed by atoms with Crippen LogP contribution in [0.5, 0.6) is 5.88 Å². The van der Waals surface area contributed by atoms with Gasteiger partial charge in [-0.2, -0.15) is 0 Å². The third-order valence-electron chi connectivity index (χ3n) is 3.01. The molecule has 0 radical (unpaired) electrons. The molecule has 1 aliphatic rings. The number of nitrogens with zero attached hydrogens (tertiary/aromatic N) is 1. The molecule has 5 nitrogen and oxygen atoms in total. The molecule has 100 valence electrons. The molecule has 0 saturated carbocycles. The summed E-state index contributed by atoms with van der Waals surface area (Å²) in [5, 5.41) is 6.63. The predicted octanol–water partition coefficient (Wildman–Crippen LogP) is 1.27. The third-order valence-corrected chi connectivity index (χ3v) is 3.01. The van der Waals surface area contributed by atoms with E-state index in [0.717, 1.165) is 44.8 Å². The van der Waals surface area contributed by atoms with Crippen LogP contribution in [0, 0.1) is 0 Å². The summed E-state index contributed by atoms with van der Waals surface area (Å²) in [6.45, 7) is 3.67. The second-order valence-electron chi connectivity index (χ2n) is 4.33. The van der Waals surface area contributed by atoms with Crippen LogP contribution in [0.1, 0.15) is 12.8 Å². The summed E-state index contributed by atoms with van der Waals surface area (Å²) in [5.74, 6) is 0.624. The van der Waals surface area contributed by atoms with Gasteiger partial charge in [-0.1, -0.05) is 0 Å². The van der Waals surface area contributed by atoms with E-state index in [9.17, 15) is 0 Å². The van der Waals surface area contributed by atoms with Gasteiger partial charge in [-0.3, -0.25) is 0 Å². The van der Waals surface area contributed by atoms with Gasteiger partial charge in [0.15, 0.2) is 0 Å². The first-order valence-electron chi connectivity index (χ1n) is 6.45. The maximum atomic E-state index is 5.81. The zero-order valence-corrected chi connectivity index (χ0v) is 10.8. The number of rotatable bonds is 6. The molecule has 0 spiro atoms. The Morgan fingerprint density at radius 2 is 2.28 bits per heavy atom. The minimum absolute atomic E-state index is 0.417. The molecule has 2 rings (SSSR count). The van der Waals surface area contributed by atoms with Crippen molar-refractivity contribution in [3.63, 3.8) is 0 Å². The lowest BCUT2D eigenvalue weighted by atomic mass is 10.1. The molecular weight excluding hydrogens is 230 g/mol. The van der Waals surface area contributed by atoms with Crippen LogP contribution in [0.3, 0.4) is 0 Å². The van der Waals surface area contributed by atoms with Crippen LogP contribution in [0.2, 0.25) is 0 Å². The number of hydrogen-bond acceptors (Lipinski definition) is 5. The van der Waals surface area contributed by atoms with Crippen molar-refractivity contribution < 1.29 is 9.47 Å². The van der Waals surface area contributed by atoms with Crippen molar-refractivity contribution in [3.05, 3.63) is 18.3 Å². The van der Waals surface area contributed by atoms with Crippen LogP contribution in [-0.4, -0.2) is 44.4 Å². The molecule has 2 heterocycles. The number of anilines is 1. The van der Waals surface area contributed by atoms with Gasteiger partial charge < -0.3 is 20.1 Å². The first-order chi connectivity index (χ1) is 8.88. The number of pyridine rings is 1. The van der Waals surface area contributed by atoms with Crippen molar-refractivity contribution in [1.82, 2.24) is 10.3 Å². The van der Waals surface area contributed by atoms with E-state index >= 15 is 0 Å². The Hall–Kier alpha value is -1.33. The summed E-state index contributed by atoms with van der Waals surface area (Å²) in [6.07, 6.45) is 4.38. The lowest BCUT2D eigenvalue weighted by Gasteiger charge is -2.23. The van der Waals surface area contributed by atoms with E-state index in [4.69, 9.17) is 9.47 Å². The first-order valence-corrected chi connectivity index (χ1v) is 6.45. The summed E-state index contributed by atoms with van der Waals surface area (Å²) in [5.41, 5.74) is 1.01. The van der Waals surface area contributed by atoms with E-state index in [0.29, 0.717) is 12.0 Å². The van der Waals surface area contributed by atoms with Gasteiger partial charge in [-0.05, 0) is 32.0 Å². The van der Waals surface area contributed by atoms with Gasteiger partial charge in [0.05, 0.1) is 19.8 Å². The number of hydrogen-bond donors (Lipinski definition) is 2. The van der Waals surface area contributed by atoms with Crippen LogP contribution in [-0.2, 0) is 4.74 Å². The molecular formula is C13H21N3O2. The summed E-state index contributed by atoms with van der Waals surface area (Å²) < 4.78 is 10.9. The number of nitrogens with one attached hydrogen (secondary N) is 2. The molecule has 2 N–H and O–H groups in total.